The maximum absolute atomic E-state index is 13.8. The molecule has 0 unspecified atom stereocenters. The molecule has 0 radical (unpaired) electrons. The Balaban J connectivity index is 1.73. The number of hydrogen-bond acceptors (Lipinski definition) is 6. The second-order valence-electron chi connectivity index (χ2n) is 6.52. The van der Waals surface area contributed by atoms with Crippen LogP contribution in [-0.4, -0.2) is 44.4 Å². The van der Waals surface area contributed by atoms with Gasteiger partial charge in [-0.1, -0.05) is 0 Å². The topological polar surface area (TPSA) is 102 Å². The number of benzene rings is 1. The molecule has 1 aromatic carbocycles. The smallest absolute Gasteiger partial charge is 0.222 e. The van der Waals surface area contributed by atoms with Crippen LogP contribution in [0.2, 0.25) is 0 Å². The summed E-state index contributed by atoms with van der Waals surface area (Å²) in [6, 6.07) is 3.81. The molecule has 1 atom stereocenters. The summed E-state index contributed by atoms with van der Waals surface area (Å²) in [4.78, 5) is 12.5. The van der Waals surface area contributed by atoms with Gasteiger partial charge in [0.25, 0.3) is 0 Å². The predicted octanol–water partition coefficient (Wildman–Crippen LogP) is 1.15. The Kier molecular flexibility index (Phi) is 5.46. The van der Waals surface area contributed by atoms with Gasteiger partial charge < -0.3 is 15.2 Å². The van der Waals surface area contributed by atoms with Crippen LogP contribution in [0.25, 0.3) is 0 Å². The van der Waals surface area contributed by atoms with Crippen molar-refractivity contribution in [1.29, 1.82) is 0 Å². The molecule has 140 valence electrons. The molecule has 1 amide bonds. The molecule has 2 N–H and O–H groups in total. The minimum atomic E-state index is -0.425. The Hall–Kier alpha value is -2.55. The Labute approximate surface area is 150 Å². The number of rotatable bonds is 7. The van der Waals surface area contributed by atoms with Gasteiger partial charge in [-0.3, -0.25) is 4.79 Å². The van der Waals surface area contributed by atoms with Crippen LogP contribution in [0.3, 0.4) is 0 Å². The number of aliphatic hydroxyl groups excluding tert-OH is 1. The molecule has 1 heterocycles. The van der Waals surface area contributed by atoms with Crippen LogP contribution in [0, 0.1) is 18.7 Å². The van der Waals surface area contributed by atoms with E-state index in [4.69, 9.17) is 4.74 Å². The molecule has 26 heavy (non-hydrogen) atoms. The van der Waals surface area contributed by atoms with E-state index in [-0.39, 0.29) is 24.3 Å². The summed E-state index contributed by atoms with van der Waals surface area (Å²) in [7, 11) is 1.51. The minimum absolute atomic E-state index is 0.0272. The van der Waals surface area contributed by atoms with E-state index < -0.39 is 11.9 Å². The number of aliphatic hydroxyl groups is 1. The summed E-state index contributed by atoms with van der Waals surface area (Å²) in [5.74, 6) is 0.568. The Morgan fingerprint density at radius 2 is 2.27 bits per heavy atom. The van der Waals surface area contributed by atoms with E-state index in [0.29, 0.717) is 36.5 Å². The fraction of sp³-hybridized carbons (Fsp3) is 0.529. The normalized spacial score (nSPS) is 20.3. The van der Waals surface area contributed by atoms with Gasteiger partial charge in [-0.15, -0.1) is 5.10 Å². The first-order valence-corrected chi connectivity index (χ1v) is 8.51. The third kappa shape index (κ3) is 3.98. The number of methoxy groups -OCH3 is 1. The van der Waals surface area contributed by atoms with Crippen molar-refractivity contribution in [2.75, 3.05) is 7.11 Å². The standard InChI is InChI=1S/C17H22FN5O3/c1-10-20-21-22-23(10)6-5-16(25)19-17(11-7-13(24)8-11)14-9-12(18)3-4-15(14)26-2/h3-4,9,11,13,17,24H,5-8H2,1-2H3,(H,19,25)/t11?,13?,17-/m0/s1. The summed E-state index contributed by atoms with van der Waals surface area (Å²) in [6.07, 6.45) is 0.908. The fourth-order valence-electron chi connectivity index (χ4n) is 3.21. The summed E-state index contributed by atoms with van der Waals surface area (Å²) in [5.41, 5.74) is 0.580. The lowest BCUT2D eigenvalue weighted by Gasteiger charge is -2.38. The maximum atomic E-state index is 13.8. The van der Waals surface area contributed by atoms with Gasteiger partial charge in [-0.05, 0) is 54.3 Å². The number of carbonyl (C=O) groups is 1. The van der Waals surface area contributed by atoms with Crippen molar-refractivity contribution in [2.24, 2.45) is 5.92 Å². The first kappa shape index (κ1) is 18.2. The van der Waals surface area contributed by atoms with Gasteiger partial charge in [0.05, 0.1) is 25.8 Å². The molecule has 9 heteroatoms. The van der Waals surface area contributed by atoms with Crippen molar-refractivity contribution in [2.45, 2.75) is 44.9 Å². The van der Waals surface area contributed by atoms with Crippen molar-refractivity contribution in [1.82, 2.24) is 25.5 Å². The SMILES string of the molecule is COc1ccc(F)cc1[C@@H](NC(=O)CCn1nnnc1C)C1CC(O)C1. The molecule has 0 bridgehead atoms. The molecule has 3 rings (SSSR count). The lowest BCUT2D eigenvalue weighted by molar-refractivity contribution is -0.123. The van der Waals surface area contributed by atoms with E-state index in [9.17, 15) is 14.3 Å². The second kappa shape index (κ2) is 7.77. The molecular weight excluding hydrogens is 341 g/mol. The number of hydrogen-bond donors (Lipinski definition) is 2. The zero-order valence-electron chi connectivity index (χ0n) is 14.7. The molecule has 1 aliphatic carbocycles. The highest BCUT2D eigenvalue weighted by molar-refractivity contribution is 5.76. The number of amides is 1. The van der Waals surface area contributed by atoms with Gasteiger partial charge in [0.1, 0.15) is 17.4 Å². The zero-order valence-corrected chi connectivity index (χ0v) is 14.7. The molecule has 2 aromatic rings. The maximum Gasteiger partial charge on any atom is 0.222 e. The quantitative estimate of drug-likeness (QED) is 0.765. The van der Waals surface area contributed by atoms with E-state index in [1.165, 1.54) is 19.2 Å². The van der Waals surface area contributed by atoms with Crippen molar-refractivity contribution in [3.63, 3.8) is 0 Å². The Morgan fingerprint density at radius 3 is 2.88 bits per heavy atom. The molecule has 8 nitrogen and oxygen atoms in total. The molecule has 1 aliphatic rings. The zero-order chi connectivity index (χ0) is 18.7. The highest BCUT2D eigenvalue weighted by atomic mass is 19.1. The lowest BCUT2D eigenvalue weighted by atomic mass is 9.74. The van der Waals surface area contributed by atoms with Crippen LogP contribution in [0.15, 0.2) is 18.2 Å². The number of halogens is 1. The number of carbonyl (C=O) groups excluding carboxylic acids is 1. The molecule has 1 fully saturated rings. The van der Waals surface area contributed by atoms with Crippen molar-refractivity contribution < 1.29 is 19.0 Å². The third-order valence-corrected chi connectivity index (χ3v) is 4.73. The van der Waals surface area contributed by atoms with Gasteiger partial charge in [0.15, 0.2) is 0 Å². The molecule has 1 aromatic heterocycles. The lowest BCUT2D eigenvalue weighted by Crippen LogP contribution is -2.41. The first-order chi connectivity index (χ1) is 12.5. The predicted molar refractivity (Wildman–Crippen MR) is 89.7 cm³/mol. The van der Waals surface area contributed by atoms with Crippen LogP contribution < -0.4 is 10.1 Å². The van der Waals surface area contributed by atoms with Crippen molar-refractivity contribution in [3.05, 3.63) is 35.4 Å². The van der Waals surface area contributed by atoms with E-state index in [2.05, 4.69) is 20.8 Å². The molecule has 0 spiro atoms. The third-order valence-electron chi connectivity index (χ3n) is 4.73. The summed E-state index contributed by atoms with van der Waals surface area (Å²) in [6.45, 7) is 2.11. The first-order valence-electron chi connectivity index (χ1n) is 8.51. The van der Waals surface area contributed by atoms with Crippen molar-refractivity contribution >= 4 is 5.91 Å². The van der Waals surface area contributed by atoms with Gasteiger partial charge in [0, 0.05) is 12.0 Å². The van der Waals surface area contributed by atoms with Crippen LogP contribution in [0.1, 0.15) is 36.7 Å². The Bertz CT molecular complexity index is 776. The van der Waals surface area contributed by atoms with Crippen molar-refractivity contribution in [3.8, 4) is 5.75 Å². The number of tetrazole rings is 1. The minimum Gasteiger partial charge on any atom is -0.496 e. The number of aryl methyl sites for hydroxylation is 2. The molecule has 0 aliphatic heterocycles. The van der Waals surface area contributed by atoms with E-state index >= 15 is 0 Å². The molecule has 1 saturated carbocycles. The number of ether oxygens (including phenoxy) is 1. The van der Waals surface area contributed by atoms with Gasteiger partial charge in [-0.25, -0.2) is 9.07 Å². The fourth-order valence-corrected chi connectivity index (χ4v) is 3.21. The summed E-state index contributed by atoms with van der Waals surface area (Å²) in [5, 5.41) is 23.7. The largest absolute Gasteiger partial charge is 0.496 e. The van der Waals surface area contributed by atoms with Crippen LogP contribution in [0.5, 0.6) is 5.75 Å². The average molecular weight is 363 g/mol. The highest BCUT2D eigenvalue weighted by Gasteiger charge is 2.37. The van der Waals surface area contributed by atoms with E-state index in [0.717, 1.165) is 0 Å². The molecule has 0 saturated heterocycles. The summed E-state index contributed by atoms with van der Waals surface area (Å²) < 4.78 is 20.7. The van der Waals surface area contributed by atoms with Gasteiger partial charge in [0.2, 0.25) is 5.91 Å². The second-order valence-corrected chi connectivity index (χ2v) is 6.52. The number of nitrogens with one attached hydrogen (secondary N) is 1. The average Bonchev–Trinajstić information content (AvgIpc) is 3.00. The summed E-state index contributed by atoms with van der Waals surface area (Å²) >= 11 is 0. The monoisotopic (exact) mass is 363 g/mol. The Morgan fingerprint density at radius 1 is 1.50 bits per heavy atom. The number of nitrogens with zero attached hydrogens (tertiary/aromatic N) is 4. The number of aromatic nitrogens is 4. The van der Waals surface area contributed by atoms with E-state index in [1.54, 1.807) is 17.7 Å². The van der Waals surface area contributed by atoms with Gasteiger partial charge >= 0.3 is 0 Å². The van der Waals surface area contributed by atoms with E-state index in [1.807, 2.05) is 0 Å². The molecular formula is C17H22FN5O3. The van der Waals surface area contributed by atoms with Gasteiger partial charge in [-0.2, -0.15) is 0 Å². The van der Waals surface area contributed by atoms with Crippen LogP contribution >= 0.6 is 0 Å². The highest BCUT2D eigenvalue weighted by Crippen LogP contribution is 2.41. The van der Waals surface area contributed by atoms with Crippen LogP contribution in [0.4, 0.5) is 4.39 Å². The van der Waals surface area contributed by atoms with Crippen LogP contribution in [-0.2, 0) is 11.3 Å².